The fourth-order valence-corrected chi connectivity index (χ4v) is 0.391. The lowest BCUT2D eigenvalue weighted by atomic mass is 10.4. The summed E-state index contributed by atoms with van der Waals surface area (Å²) >= 11 is 0. The standard InChI is InChI=1S/C6H8N2O3/c1-7-6(11)2-5(3-9)8-4-10/h2-4H,1H3,(H,7,11)(H,8,10)/b5-2-. The second-order valence-corrected chi connectivity index (χ2v) is 1.59. The van der Waals surface area contributed by atoms with E-state index in [0.717, 1.165) is 6.08 Å². The number of amides is 2. The average molecular weight is 156 g/mol. The predicted molar refractivity (Wildman–Crippen MR) is 37.4 cm³/mol. The molecule has 0 unspecified atom stereocenters. The summed E-state index contributed by atoms with van der Waals surface area (Å²) < 4.78 is 0. The van der Waals surface area contributed by atoms with E-state index in [0.29, 0.717) is 12.7 Å². The molecule has 2 N–H and O–H groups in total. The molecule has 0 fully saturated rings. The Labute approximate surface area is 63.5 Å². The Morgan fingerprint density at radius 2 is 2.00 bits per heavy atom. The molecule has 0 saturated carbocycles. The van der Waals surface area contributed by atoms with Crippen LogP contribution in [0, 0.1) is 0 Å². The van der Waals surface area contributed by atoms with Crippen molar-refractivity contribution in [2.75, 3.05) is 7.05 Å². The Morgan fingerprint density at radius 3 is 2.36 bits per heavy atom. The van der Waals surface area contributed by atoms with Crippen LogP contribution in [0.3, 0.4) is 0 Å². The van der Waals surface area contributed by atoms with Crippen LogP contribution in [-0.4, -0.2) is 25.7 Å². The summed E-state index contributed by atoms with van der Waals surface area (Å²) in [7, 11) is 1.42. The Bertz CT molecular complexity index is 198. The zero-order chi connectivity index (χ0) is 8.69. The number of likely N-dealkylation sites (N-methyl/N-ethyl adjacent to an activating group) is 1. The normalized spacial score (nSPS) is 10.1. The van der Waals surface area contributed by atoms with Gasteiger partial charge in [-0.05, 0) is 0 Å². The highest BCUT2D eigenvalue weighted by molar-refractivity contribution is 5.93. The fraction of sp³-hybridized carbons (Fsp3) is 0.167. The van der Waals surface area contributed by atoms with Crippen molar-refractivity contribution in [3.8, 4) is 0 Å². The number of carbonyl (C=O) groups excluding carboxylic acids is 3. The summed E-state index contributed by atoms with van der Waals surface area (Å²) in [6.45, 7) is 0. The topological polar surface area (TPSA) is 75.3 Å². The molecule has 0 aliphatic heterocycles. The highest BCUT2D eigenvalue weighted by Crippen LogP contribution is 1.80. The van der Waals surface area contributed by atoms with Gasteiger partial charge in [-0.1, -0.05) is 0 Å². The van der Waals surface area contributed by atoms with Crippen LogP contribution >= 0.6 is 0 Å². The number of aldehydes is 1. The van der Waals surface area contributed by atoms with E-state index in [1.807, 2.05) is 5.32 Å². The third-order valence-electron chi connectivity index (χ3n) is 0.886. The van der Waals surface area contributed by atoms with Crippen LogP contribution in [0.25, 0.3) is 0 Å². The maximum absolute atomic E-state index is 10.6. The van der Waals surface area contributed by atoms with E-state index in [1.54, 1.807) is 0 Å². The predicted octanol–water partition coefficient (Wildman–Crippen LogP) is -1.44. The molecule has 0 rings (SSSR count). The first-order valence-electron chi connectivity index (χ1n) is 2.83. The number of hydrogen-bond donors (Lipinski definition) is 2. The molecule has 0 spiro atoms. The molecule has 0 aromatic carbocycles. The van der Waals surface area contributed by atoms with E-state index in [2.05, 4.69) is 5.32 Å². The van der Waals surface area contributed by atoms with E-state index in [4.69, 9.17) is 0 Å². The highest BCUT2D eigenvalue weighted by Gasteiger charge is 1.95. The van der Waals surface area contributed by atoms with Crippen LogP contribution in [-0.2, 0) is 14.4 Å². The lowest BCUT2D eigenvalue weighted by Crippen LogP contribution is -2.19. The van der Waals surface area contributed by atoms with Crippen molar-refractivity contribution in [1.29, 1.82) is 0 Å². The minimum Gasteiger partial charge on any atom is -0.356 e. The van der Waals surface area contributed by atoms with Crippen LogP contribution in [0.2, 0.25) is 0 Å². The summed E-state index contributed by atoms with van der Waals surface area (Å²) in [5.41, 5.74) is -0.0700. The van der Waals surface area contributed by atoms with Gasteiger partial charge in [0.05, 0.1) is 5.70 Å². The lowest BCUT2D eigenvalue weighted by molar-refractivity contribution is -0.116. The molecule has 0 saturated heterocycles. The molecule has 0 heterocycles. The lowest BCUT2D eigenvalue weighted by Gasteiger charge is -1.94. The van der Waals surface area contributed by atoms with E-state index in [9.17, 15) is 14.4 Å². The van der Waals surface area contributed by atoms with Crippen LogP contribution in [0.4, 0.5) is 0 Å². The molecule has 0 aliphatic carbocycles. The fourth-order valence-electron chi connectivity index (χ4n) is 0.391. The van der Waals surface area contributed by atoms with Gasteiger partial charge in [-0.3, -0.25) is 14.4 Å². The van der Waals surface area contributed by atoms with Crippen molar-refractivity contribution >= 4 is 18.6 Å². The average Bonchev–Trinajstić information content (AvgIpc) is 2.03. The second kappa shape index (κ2) is 5.16. The van der Waals surface area contributed by atoms with Crippen molar-refractivity contribution in [2.24, 2.45) is 0 Å². The molecule has 11 heavy (non-hydrogen) atoms. The molecule has 60 valence electrons. The van der Waals surface area contributed by atoms with Gasteiger partial charge in [-0.2, -0.15) is 0 Å². The van der Waals surface area contributed by atoms with Gasteiger partial charge < -0.3 is 10.6 Å². The summed E-state index contributed by atoms with van der Waals surface area (Å²) in [6, 6.07) is 0. The van der Waals surface area contributed by atoms with Crippen LogP contribution in [0.1, 0.15) is 0 Å². The van der Waals surface area contributed by atoms with E-state index >= 15 is 0 Å². The first kappa shape index (κ1) is 9.35. The molecule has 0 aliphatic rings. The van der Waals surface area contributed by atoms with Crippen molar-refractivity contribution in [3.63, 3.8) is 0 Å². The number of hydrogen-bond acceptors (Lipinski definition) is 3. The molecule has 2 amide bonds. The van der Waals surface area contributed by atoms with Gasteiger partial charge in [0.1, 0.15) is 0 Å². The first-order valence-corrected chi connectivity index (χ1v) is 2.83. The molecule has 5 nitrogen and oxygen atoms in total. The molecule has 0 aromatic heterocycles. The largest absolute Gasteiger partial charge is 0.356 e. The van der Waals surface area contributed by atoms with Gasteiger partial charge in [-0.15, -0.1) is 0 Å². The Kier molecular flexibility index (Phi) is 4.39. The zero-order valence-corrected chi connectivity index (χ0v) is 5.96. The molecule has 0 radical (unpaired) electrons. The van der Waals surface area contributed by atoms with Gasteiger partial charge in [-0.25, -0.2) is 0 Å². The van der Waals surface area contributed by atoms with Gasteiger partial charge >= 0.3 is 0 Å². The zero-order valence-electron chi connectivity index (χ0n) is 5.96. The molecule has 0 aromatic rings. The van der Waals surface area contributed by atoms with Gasteiger partial charge in [0.15, 0.2) is 6.29 Å². The second-order valence-electron chi connectivity index (χ2n) is 1.59. The van der Waals surface area contributed by atoms with E-state index in [1.165, 1.54) is 7.05 Å². The molecule has 5 heteroatoms. The van der Waals surface area contributed by atoms with E-state index < -0.39 is 5.91 Å². The number of nitrogens with one attached hydrogen (secondary N) is 2. The van der Waals surface area contributed by atoms with Crippen LogP contribution in [0.15, 0.2) is 11.8 Å². The Hall–Kier alpha value is -1.65. The summed E-state index contributed by atoms with van der Waals surface area (Å²) in [5.74, 6) is -0.443. The molecule has 0 atom stereocenters. The third-order valence-corrected chi connectivity index (χ3v) is 0.886. The quantitative estimate of drug-likeness (QED) is 0.386. The van der Waals surface area contributed by atoms with Crippen LogP contribution in [0.5, 0.6) is 0 Å². The monoisotopic (exact) mass is 156 g/mol. The maximum atomic E-state index is 10.6. The van der Waals surface area contributed by atoms with Crippen molar-refractivity contribution in [2.45, 2.75) is 0 Å². The van der Waals surface area contributed by atoms with Gasteiger partial charge in [0.25, 0.3) is 0 Å². The first-order chi connectivity index (χ1) is 5.24. The number of allylic oxidation sites excluding steroid dienone is 1. The molecular formula is C6H8N2O3. The van der Waals surface area contributed by atoms with Crippen LogP contribution < -0.4 is 10.6 Å². The van der Waals surface area contributed by atoms with Gasteiger partial charge in [0.2, 0.25) is 12.3 Å². The third kappa shape index (κ3) is 3.85. The summed E-state index contributed by atoms with van der Waals surface area (Å²) in [6.07, 6.45) is 1.69. The minimum absolute atomic E-state index is 0.0700. The van der Waals surface area contributed by atoms with Crippen molar-refractivity contribution in [1.82, 2.24) is 10.6 Å². The summed E-state index contributed by atoms with van der Waals surface area (Å²) in [4.78, 5) is 30.4. The maximum Gasteiger partial charge on any atom is 0.245 e. The molecule has 0 bridgehead atoms. The Morgan fingerprint density at radius 1 is 1.36 bits per heavy atom. The van der Waals surface area contributed by atoms with Gasteiger partial charge in [0, 0.05) is 13.1 Å². The van der Waals surface area contributed by atoms with Crippen molar-refractivity contribution < 1.29 is 14.4 Å². The summed E-state index contributed by atoms with van der Waals surface area (Å²) in [5, 5.41) is 4.31. The minimum atomic E-state index is -0.443. The van der Waals surface area contributed by atoms with E-state index in [-0.39, 0.29) is 5.70 Å². The number of carbonyl (C=O) groups is 3. The highest BCUT2D eigenvalue weighted by atomic mass is 16.2. The smallest absolute Gasteiger partial charge is 0.245 e. The molecular weight excluding hydrogens is 148 g/mol. The van der Waals surface area contributed by atoms with Crippen molar-refractivity contribution in [3.05, 3.63) is 11.8 Å². The Balaban J connectivity index is 4.20. The SMILES string of the molecule is CNC(=O)/C=C(/C=O)NC=O. The number of rotatable bonds is 4.